The molecule has 2 nitrogen and oxygen atoms in total. The van der Waals surface area contributed by atoms with Gasteiger partial charge in [-0.15, -0.1) is 0 Å². The fourth-order valence-corrected chi connectivity index (χ4v) is 0.561. The molecule has 0 saturated heterocycles. The maximum atomic E-state index is 4.33. The number of allylic oxidation sites excluding steroid dienone is 2. The van der Waals surface area contributed by atoms with Crippen LogP contribution < -0.4 is 0 Å². The van der Waals surface area contributed by atoms with E-state index < -0.39 is 0 Å². The SMILES string of the molecule is C=N/C(C)=C(C)\N=C(\C)CC. The molecule has 62 valence electrons. The van der Waals surface area contributed by atoms with E-state index in [0.717, 1.165) is 23.5 Å². The predicted octanol–water partition coefficient (Wildman–Crippen LogP) is 2.81. The lowest BCUT2D eigenvalue weighted by Crippen LogP contribution is -1.88. The summed E-state index contributed by atoms with van der Waals surface area (Å²) in [5, 5.41) is 0. The molecular formula is C9H16N2. The Labute approximate surface area is 68.8 Å². The first kappa shape index (κ1) is 10.1. The zero-order chi connectivity index (χ0) is 8.85. The average molecular weight is 152 g/mol. The van der Waals surface area contributed by atoms with E-state index in [1.165, 1.54) is 0 Å². The molecule has 0 aliphatic heterocycles. The summed E-state index contributed by atoms with van der Waals surface area (Å²) >= 11 is 0. The van der Waals surface area contributed by atoms with Crippen molar-refractivity contribution in [1.29, 1.82) is 0 Å². The first-order valence-electron chi connectivity index (χ1n) is 3.80. The van der Waals surface area contributed by atoms with E-state index in [4.69, 9.17) is 0 Å². The van der Waals surface area contributed by atoms with E-state index in [1.54, 1.807) is 0 Å². The second-order valence-corrected chi connectivity index (χ2v) is 2.53. The van der Waals surface area contributed by atoms with Crippen LogP contribution in [0.15, 0.2) is 21.4 Å². The topological polar surface area (TPSA) is 24.7 Å². The Morgan fingerprint density at radius 3 is 2.09 bits per heavy atom. The van der Waals surface area contributed by atoms with Crippen molar-refractivity contribution in [3.63, 3.8) is 0 Å². The molecule has 0 aromatic heterocycles. The molecule has 0 aliphatic rings. The van der Waals surface area contributed by atoms with Gasteiger partial charge in [-0.2, -0.15) is 0 Å². The van der Waals surface area contributed by atoms with E-state index in [0.29, 0.717) is 0 Å². The van der Waals surface area contributed by atoms with Gasteiger partial charge >= 0.3 is 0 Å². The molecule has 0 spiro atoms. The molecular weight excluding hydrogens is 136 g/mol. The Kier molecular flexibility index (Phi) is 4.42. The number of hydrogen-bond acceptors (Lipinski definition) is 2. The van der Waals surface area contributed by atoms with Crippen LogP contribution in [0.3, 0.4) is 0 Å². The van der Waals surface area contributed by atoms with Crippen LogP contribution in [0, 0.1) is 0 Å². The van der Waals surface area contributed by atoms with Crippen molar-refractivity contribution in [1.82, 2.24) is 0 Å². The summed E-state index contributed by atoms with van der Waals surface area (Å²) in [6, 6.07) is 0. The Bertz CT molecular complexity index is 200. The third-order valence-electron chi connectivity index (χ3n) is 1.63. The molecule has 2 heteroatoms. The maximum absolute atomic E-state index is 4.33. The van der Waals surface area contributed by atoms with E-state index in [2.05, 4.69) is 23.6 Å². The summed E-state index contributed by atoms with van der Waals surface area (Å²) in [6.45, 7) is 11.4. The van der Waals surface area contributed by atoms with Crippen LogP contribution in [0.4, 0.5) is 0 Å². The van der Waals surface area contributed by atoms with Crippen molar-refractivity contribution in [3.05, 3.63) is 11.4 Å². The third-order valence-corrected chi connectivity index (χ3v) is 1.63. The zero-order valence-electron chi connectivity index (χ0n) is 7.81. The lowest BCUT2D eigenvalue weighted by Gasteiger charge is -1.98. The van der Waals surface area contributed by atoms with Crippen LogP contribution in [0.5, 0.6) is 0 Å². The quantitative estimate of drug-likeness (QED) is 0.555. The van der Waals surface area contributed by atoms with Crippen LogP contribution in [0.2, 0.25) is 0 Å². The lowest BCUT2D eigenvalue weighted by molar-refractivity contribution is 1.13. The van der Waals surface area contributed by atoms with E-state index in [-0.39, 0.29) is 0 Å². The van der Waals surface area contributed by atoms with Crippen molar-refractivity contribution in [2.75, 3.05) is 0 Å². The van der Waals surface area contributed by atoms with Gasteiger partial charge in [0.25, 0.3) is 0 Å². The molecule has 0 unspecified atom stereocenters. The first-order chi connectivity index (χ1) is 5.11. The highest BCUT2D eigenvalue weighted by molar-refractivity contribution is 5.82. The monoisotopic (exact) mass is 152 g/mol. The van der Waals surface area contributed by atoms with Gasteiger partial charge in [-0.1, -0.05) is 6.92 Å². The third kappa shape index (κ3) is 3.71. The van der Waals surface area contributed by atoms with Gasteiger partial charge in [0.05, 0.1) is 11.4 Å². The molecule has 0 amide bonds. The van der Waals surface area contributed by atoms with Crippen LogP contribution in [0.1, 0.15) is 34.1 Å². The van der Waals surface area contributed by atoms with Crippen LogP contribution >= 0.6 is 0 Å². The molecule has 0 saturated carbocycles. The van der Waals surface area contributed by atoms with Gasteiger partial charge in [-0.05, 0) is 33.9 Å². The Hall–Kier alpha value is -0.920. The normalized spacial score (nSPS) is 14.4. The van der Waals surface area contributed by atoms with Crippen molar-refractivity contribution < 1.29 is 0 Å². The van der Waals surface area contributed by atoms with Crippen LogP contribution in [-0.4, -0.2) is 12.4 Å². The fourth-order valence-electron chi connectivity index (χ4n) is 0.561. The Morgan fingerprint density at radius 2 is 1.73 bits per heavy atom. The average Bonchev–Trinajstić information content (AvgIpc) is 2.02. The van der Waals surface area contributed by atoms with Gasteiger partial charge in [0.15, 0.2) is 0 Å². The van der Waals surface area contributed by atoms with E-state index in [1.807, 2.05) is 20.8 Å². The molecule has 0 fully saturated rings. The minimum atomic E-state index is 0.901. The summed E-state index contributed by atoms with van der Waals surface area (Å²) in [4.78, 5) is 8.13. The van der Waals surface area contributed by atoms with Crippen molar-refractivity contribution in [2.24, 2.45) is 9.98 Å². The lowest BCUT2D eigenvalue weighted by atomic mass is 10.3. The molecule has 0 aromatic carbocycles. The molecule has 0 heterocycles. The van der Waals surface area contributed by atoms with Crippen molar-refractivity contribution in [2.45, 2.75) is 34.1 Å². The molecule has 0 aliphatic carbocycles. The molecule has 0 rings (SSSR count). The van der Waals surface area contributed by atoms with Crippen molar-refractivity contribution in [3.8, 4) is 0 Å². The van der Waals surface area contributed by atoms with Gasteiger partial charge < -0.3 is 0 Å². The highest BCUT2D eigenvalue weighted by Crippen LogP contribution is 2.05. The molecule has 0 radical (unpaired) electrons. The first-order valence-corrected chi connectivity index (χ1v) is 3.80. The van der Waals surface area contributed by atoms with Crippen molar-refractivity contribution >= 4 is 12.4 Å². The molecule has 0 bridgehead atoms. The Balaban J connectivity index is 4.49. The van der Waals surface area contributed by atoms with Gasteiger partial charge in [-0.25, -0.2) is 0 Å². The van der Waals surface area contributed by atoms with Gasteiger partial charge in [0.1, 0.15) is 0 Å². The number of hydrogen-bond donors (Lipinski definition) is 0. The molecule has 0 aromatic rings. The molecule has 0 N–H and O–H groups in total. The van der Waals surface area contributed by atoms with Gasteiger partial charge in [0, 0.05) is 5.71 Å². The number of aliphatic imine (C=N–C) groups is 2. The molecule has 0 atom stereocenters. The highest BCUT2D eigenvalue weighted by atomic mass is 14.8. The van der Waals surface area contributed by atoms with Crippen LogP contribution in [-0.2, 0) is 0 Å². The number of rotatable bonds is 3. The van der Waals surface area contributed by atoms with E-state index in [9.17, 15) is 0 Å². The summed E-state index contributed by atoms with van der Waals surface area (Å²) in [7, 11) is 0. The second-order valence-electron chi connectivity index (χ2n) is 2.53. The smallest absolute Gasteiger partial charge is 0.0583 e. The second kappa shape index (κ2) is 4.83. The minimum absolute atomic E-state index is 0.901. The summed E-state index contributed by atoms with van der Waals surface area (Å²) < 4.78 is 0. The zero-order valence-corrected chi connectivity index (χ0v) is 7.81. The fraction of sp³-hybridized carbons (Fsp3) is 0.556. The minimum Gasteiger partial charge on any atom is -0.267 e. The molecule has 11 heavy (non-hydrogen) atoms. The van der Waals surface area contributed by atoms with Gasteiger partial charge in [0.2, 0.25) is 0 Å². The number of nitrogens with zero attached hydrogens (tertiary/aromatic N) is 2. The summed E-state index contributed by atoms with van der Waals surface area (Å²) in [6.07, 6.45) is 0.988. The summed E-state index contributed by atoms with van der Waals surface area (Å²) in [5.74, 6) is 0. The van der Waals surface area contributed by atoms with Gasteiger partial charge in [-0.3, -0.25) is 9.98 Å². The van der Waals surface area contributed by atoms with Crippen LogP contribution in [0.25, 0.3) is 0 Å². The predicted molar refractivity (Wildman–Crippen MR) is 51.3 cm³/mol. The largest absolute Gasteiger partial charge is 0.267 e. The maximum Gasteiger partial charge on any atom is 0.0583 e. The Morgan fingerprint density at radius 1 is 1.18 bits per heavy atom. The highest BCUT2D eigenvalue weighted by Gasteiger charge is 1.91. The standard InChI is InChI=1S/C9H16N2/c1-6-7(2)11-9(4)8(3)10-5/h5-6H2,1-4H3/b9-8-,11-7-. The summed E-state index contributed by atoms with van der Waals surface area (Å²) in [5.41, 5.74) is 2.99. The van der Waals surface area contributed by atoms with E-state index >= 15 is 0 Å².